The van der Waals surface area contributed by atoms with Crippen LogP contribution in [0.3, 0.4) is 0 Å². The fourth-order valence-electron chi connectivity index (χ4n) is 5.75. The molecule has 0 aromatic carbocycles. The first-order valence-corrected chi connectivity index (χ1v) is 17.9. The summed E-state index contributed by atoms with van der Waals surface area (Å²) in [7, 11) is 0. The molecule has 0 amide bonds. The average molecular weight is 522 g/mol. The third kappa shape index (κ3) is 32.1. The zero-order chi connectivity index (χ0) is 27.1. The third-order valence-corrected chi connectivity index (χ3v) is 8.41. The van der Waals surface area contributed by atoms with Gasteiger partial charge in [0.25, 0.3) is 0 Å². The van der Waals surface area contributed by atoms with Gasteiger partial charge in [-0.1, -0.05) is 188 Å². The molecule has 0 aromatic rings. The number of nitrogens with zero attached hydrogens (tertiary/aromatic N) is 1. The molecular formula is C36H75N. The van der Waals surface area contributed by atoms with Gasteiger partial charge in [0.1, 0.15) is 0 Å². The minimum Gasteiger partial charge on any atom is -0.303 e. The van der Waals surface area contributed by atoms with Crippen molar-refractivity contribution in [3.8, 4) is 0 Å². The van der Waals surface area contributed by atoms with E-state index in [1.54, 1.807) is 0 Å². The molecule has 1 heteroatoms. The van der Waals surface area contributed by atoms with Crippen LogP contribution in [0.15, 0.2) is 0 Å². The molecule has 0 atom stereocenters. The molecule has 0 saturated carbocycles. The van der Waals surface area contributed by atoms with E-state index in [9.17, 15) is 0 Å². The van der Waals surface area contributed by atoms with Crippen LogP contribution in [0.1, 0.15) is 207 Å². The van der Waals surface area contributed by atoms with E-state index in [1.807, 2.05) is 0 Å². The molecule has 37 heavy (non-hydrogen) atoms. The van der Waals surface area contributed by atoms with Gasteiger partial charge in [0.2, 0.25) is 0 Å². The lowest BCUT2D eigenvalue weighted by atomic mass is 10.0. The summed E-state index contributed by atoms with van der Waals surface area (Å²) in [5, 5.41) is 0. The van der Waals surface area contributed by atoms with Gasteiger partial charge >= 0.3 is 0 Å². The summed E-state index contributed by atoms with van der Waals surface area (Å²) in [6.07, 6.45) is 40.7. The smallest absolute Gasteiger partial charge is 0.00187 e. The molecule has 0 saturated heterocycles. The second-order valence-corrected chi connectivity index (χ2v) is 12.9. The van der Waals surface area contributed by atoms with Crippen LogP contribution >= 0.6 is 0 Å². The van der Waals surface area contributed by atoms with Crippen molar-refractivity contribution in [2.75, 3.05) is 19.6 Å². The summed E-state index contributed by atoms with van der Waals surface area (Å²) >= 11 is 0. The van der Waals surface area contributed by atoms with E-state index in [0.717, 1.165) is 5.92 Å². The Morgan fingerprint density at radius 3 is 0.838 bits per heavy atom. The fraction of sp³-hybridized carbons (Fsp3) is 1.00. The van der Waals surface area contributed by atoms with Crippen molar-refractivity contribution < 1.29 is 0 Å². The Balaban J connectivity index is 3.71. The van der Waals surface area contributed by atoms with Crippen molar-refractivity contribution >= 4 is 0 Å². The van der Waals surface area contributed by atoms with Gasteiger partial charge in [-0.15, -0.1) is 0 Å². The van der Waals surface area contributed by atoms with Gasteiger partial charge in [-0.3, -0.25) is 0 Å². The summed E-state index contributed by atoms with van der Waals surface area (Å²) in [6, 6.07) is 0. The van der Waals surface area contributed by atoms with Crippen molar-refractivity contribution in [2.45, 2.75) is 207 Å². The highest BCUT2D eigenvalue weighted by Crippen LogP contribution is 2.15. The highest BCUT2D eigenvalue weighted by molar-refractivity contribution is 4.61. The van der Waals surface area contributed by atoms with Crippen LogP contribution in [0.5, 0.6) is 0 Å². The van der Waals surface area contributed by atoms with Gasteiger partial charge in [0.15, 0.2) is 0 Å². The summed E-state index contributed by atoms with van der Waals surface area (Å²) in [4.78, 5) is 2.83. The second-order valence-electron chi connectivity index (χ2n) is 12.9. The van der Waals surface area contributed by atoms with Gasteiger partial charge in [-0.05, 0) is 44.8 Å². The molecule has 0 heterocycles. The minimum absolute atomic E-state index is 0.892. The van der Waals surface area contributed by atoms with Crippen LogP contribution in [0.4, 0.5) is 0 Å². The van der Waals surface area contributed by atoms with Crippen molar-refractivity contribution in [3.63, 3.8) is 0 Å². The molecule has 0 N–H and O–H groups in total. The first kappa shape index (κ1) is 37.0. The normalized spacial score (nSPS) is 11.8. The quantitative estimate of drug-likeness (QED) is 0.0795. The van der Waals surface area contributed by atoms with Crippen LogP contribution in [-0.2, 0) is 0 Å². The van der Waals surface area contributed by atoms with E-state index in [-0.39, 0.29) is 0 Å². The molecule has 0 radical (unpaired) electrons. The Morgan fingerprint density at radius 1 is 0.324 bits per heavy atom. The fourth-order valence-corrected chi connectivity index (χ4v) is 5.75. The van der Waals surface area contributed by atoms with Gasteiger partial charge in [-0.25, -0.2) is 0 Å². The summed E-state index contributed by atoms with van der Waals surface area (Å²) in [5.41, 5.74) is 0. The molecule has 0 rings (SSSR count). The lowest BCUT2D eigenvalue weighted by molar-refractivity contribution is 0.254. The van der Waals surface area contributed by atoms with E-state index >= 15 is 0 Å². The third-order valence-electron chi connectivity index (χ3n) is 8.41. The molecule has 0 spiro atoms. The maximum atomic E-state index is 2.83. The monoisotopic (exact) mass is 522 g/mol. The molecule has 1 nitrogen and oxygen atoms in total. The van der Waals surface area contributed by atoms with Crippen molar-refractivity contribution in [1.29, 1.82) is 0 Å². The largest absolute Gasteiger partial charge is 0.303 e. The predicted octanol–water partition coefficient (Wildman–Crippen LogP) is 12.9. The van der Waals surface area contributed by atoms with Crippen molar-refractivity contribution in [3.05, 3.63) is 0 Å². The topological polar surface area (TPSA) is 3.24 Å². The van der Waals surface area contributed by atoms with Crippen LogP contribution in [0.2, 0.25) is 0 Å². The Bertz CT molecular complexity index is 372. The molecule has 0 aliphatic heterocycles. The highest BCUT2D eigenvalue weighted by Gasteiger charge is 2.05. The molecular weight excluding hydrogens is 446 g/mol. The second kappa shape index (κ2) is 32.2. The summed E-state index contributed by atoms with van der Waals surface area (Å²) in [5.74, 6) is 0.892. The van der Waals surface area contributed by atoms with Crippen LogP contribution in [0, 0.1) is 5.92 Å². The van der Waals surface area contributed by atoms with Gasteiger partial charge in [0, 0.05) is 0 Å². The van der Waals surface area contributed by atoms with Crippen LogP contribution in [0.25, 0.3) is 0 Å². The maximum absolute atomic E-state index is 2.83. The Morgan fingerprint density at radius 2 is 0.568 bits per heavy atom. The number of hydrogen-bond acceptors (Lipinski definition) is 1. The Kier molecular flexibility index (Phi) is 32.1. The predicted molar refractivity (Wildman–Crippen MR) is 172 cm³/mol. The van der Waals surface area contributed by atoms with Crippen LogP contribution in [-0.4, -0.2) is 24.5 Å². The van der Waals surface area contributed by atoms with Gasteiger partial charge in [0.05, 0.1) is 0 Å². The maximum Gasteiger partial charge on any atom is -0.00187 e. The Labute approximate surface area is 237 Å². The lowest BCUT2D eigenvalue weighted by Gasteiger charge is -2.22. The zero-order valence-corrected chi connectivity index (χ0v) is 26.9. The van der Waals surface area contributed by atoms with Crippen molar-refractivity contribution in [2.24, 2.45) is 5.92 Å². The van der Waals surface area contributed by atoms with Crippen molar-refractivity contribution in [1.82, 2.24) is 4.90 Å². The number of rotatable bonds is 32. The average Bonchev–Trinajstić information content (AvgIpc) is 2.89. The molecule has 0 aliphatic carbocycles. The molecule has 0 aromatic heterocycles. The first-order chi connectivity index (χ1) is 18.2. The minimum atomic E-state index is 0.892. The van der Waals surface area contributed by atoms with E-state index in [1.165, 1.54) is 199 Å². The van der Waals surface area contributed by atoms with Crippen LogP contribution < -0.4 is 0 Å². The molecule has 0 aliphatic rings. The van der Waals surface area contributed by atoms with E-state index in [4.69, 9.17) is 0 Å². The number of hydrogen-bond donors (Lipinski definition) is 0. The zero-order valence-electron chi connectivity index (χ0n) is 26.9. The first-order valence-electron chi connectivity index (χ1n) is 17.9. The van der Waals surface area contributed by atoms with E-state index in [0.29, 0.717) is 0 Å². The standard InChI is InChI=1S/C36H75N/c1-5-7-9-11-21-25-29-33-37(34-30-26-22-12-10-8-6-2)35-31-27-23-19-17-15-13-14-16-18-20-24-28-32-36(3)4/h36H,5-35H2,1-4H3. The molecule has 0 bridgehead atoms. The van der Waals surface area contributed by atoms with Gasteiger partial charge in [-0.2, -0.15) is 0 Å². The molecule has 0 unspecified atom stereocenters. The Hall–Kier alpha value is -0.0400. The van der Waals surface area contributed by atoms with E-state index < -0.39 is 0 Å². The molecule has 224 valence electrons. The molecule has 0 fully saturated rings. The summed E-state index contributed by atoms with van der Waals surface area (Å²) < 4.78 is 0. The van der Waals surface area contributed by atoms with Gasteiger partial charge < -0.3 is 4.90 Å². The number of unbranched alkanes of at least 4 members (excludes halogenated alkanes) is 24. The SMILES string of the molecule is CCCCCCCCCN(CCCCCCCCC)CCCCCCCCCCCCCCCC(C)C. The highest BCUT2D eigenvalue weighted by atomic mass is 15.1. The van der Waals surface area contributed by atoms with E-state index in [2.05, 4.69) is 32.6 Å². The lowest BCUT2D eigenvalue weighted by Crippen LogP contribution is -2.27. The summed E-state index contributed by atoms with van der Waals surface area (Å²) in [6.45, 7) is 13.4.